The highest BCUT2D eigenvalue weighted by Crippen LogP contribution is 2.26. The molecule has 0 fully saturated rings. The third-order valence-electron chi connectivity index (χ3n) is 3.52. The van der Waals surface area contributed by atoms with Crippen molar-refractivity contribution in [2.24, 2.45) is 0 Å². The van der Waals surface area contributed by atoms with Gasteiger partial charge in [0.1, 0.15) is 10.6 Å². The summed E-state index contributed by atoms with van der Waals surface area (Å²) in [6, 6.07) is 10.4. The second kappa shape index (κ2) is 5.67. The van der Waals surface area contributed by atoms with Gasteiger partial charge in [-0.3, -0.25) is 4.79 Å². The Morgan fingerprint density at radius 2 is 2.00 bits per heavy atom. The maximum Gasteiger partial charge on any atom is 0.265 e. The van der Waals surface area contributed by atoms with E-state index < -0.39 is 0 Å². The maximum absolute atomic E-state index is 12.3. The molecule has 0 atom stereocenters. The topological polar surface area (TPSA) is 38.3 Å². The molecule has 0 spiro atoms. The molecule has 1 aliphatic carbocycles. The number of hydrogen-bond acceptors (Lipinski definition) is 3. The molecule has 1 heterocycles. The van der Waals surface area contributed by atoms with E-state index >= 15 is 0 Å². The first-order chi connectivity index (χ1) is 9.78. The van der Waals surface area contributed by atoms with Crippen LogP contribution in [0, 0.1) is 0 Å². The van der Waals surface area contributed by atoms with E-state index in [-0.39, 0.29) is 11.9 Å². The number of benzene rings is 1. The van der Waals surface area contributed by atoms with Gasteiger partial charge >= 0.3 is 0 Å². The highest BCUT2D eigenvalue weighted by atomic mass is 32.1. The molecule has 3 rings (SSSR count). The van der Waals surface area contributed by atoms with Gasteiger partial charge in [-0.2, -0.15) is 0 Å². The van der Waals surface area contributed by atoms with Crippen molar-refractivity contribution in [3.8, 4) is 5.75 Å². The summed E-state index contributed by atoms with van der Waals surface area (Å²) in [6.07, 6.45) is 1.83. The van der Waals surface area contributed by atoms with Crippen molar-refractivity contribution in [3.05, 3.63) is 51.7 Å². The lowest BCUT2D eigenvalue weighted by Crippen LogP contribution is -2.35. The zero-order valence-electron chi connectivity index (χ0n) is 11.4. The molecule has 1 amide bonds. The Kier molecular flexibility index (Phi) is 3.74. The Bertz CT molecular complexity index is 595. The highest BCUT2D eigenvalue weighted by molar-refractivity contribution is 7.12. The fourth-order valence-corrected chi connectivity index (χ4v) is 3.38. The molecule has 104 valence electrons. The van der Waals surface area contributed by atoms with E-state index in [0.29, 0.717) is 17.2 Å². The first-order valence-electron chi connectivity index (χ1n) is 6.86. The van der Waals surface area contributed by atoms with E-state index in [1.807, 2.05) is 18.4 Å². The van der Waals surface area contributed by atoms with Gasteiger partial charge in [-0.05, 0) is 42.3 Å². The smallest absolute Gasteiger partial charge is 0.265 e. The quantitative estimate of drug-likeness (QED) is 0.938. The van der Waals surface area contributed by atoms with Crippen molar-refractivity contribution in [1.29, 1.82) is 0 Å². The highest BCUT2D eigenvalue weighted by Gasteiger charge is 2.24. The van der Waals surface area contributed by atoms with Gasteiger partial charge in [0, 0.05) is 6.04 Å². The van der Waals surface area contributed by atoms with Crippen LogP contribution in [-0.2, 0) is 12.8 Å². The van der Waals surface area contributed by atoms with Crippen molar-refractivity contribution < 1.29 is 9.53 Å². The van der Waals surface area contributed by atoms with Crippen LogP contribution < -0.4 is 10.1 Å². The van der Waals surface area contributed by atoms with Gasteiger partial charge in [-0.15, -0.1) is 11.3 Å². The zero-order valence-corrected chi connectivity index (χ0v) is 12.2. The third-order valence-corrected chi connectivity index (χ3v) is 4.42. The number of thiophene rings is 1. The first kappa shape index (κ1) is 13.2. The van der Waals surface area contributed by atoms with Gasteiger partial charge in [0.25, 0.3) is 5.91 Å². The van der Waals surface area contributed by atoms with Crippen LogP contribution in [-0.4, -0.2) is 18.6 Å². The molecular formula is C16H17NO2S. The lowest BCUT2D eigenvalue weighted by atomic mass is 10.1. The molecule has 1 aromatic heterocycles. The van der Waals surface area contributed by atoms with Crippen LogP contribution in [0.5, 0.6) is 5.75 Å². The summed E-state index contributed by atoms with van der Waals surface area (Å²) in [7, 11) is 0. The Labute approximate surface area is 122 Å². The normalized spacial score (nSPS) is 14.1. The molecule has 0 bridgehead atoms. The monoisotopic (exact) mass is 287 g/mol. The number of nitrogens with one attached hydrogen (secondary N) is 1. The Hall–Kier alpha value is -1.81. The third kappa shape index (κ3) is 2.56. The molecule has 1 aliphatic rings. The van der Waals surface area contributed by atoms with Gasteiger partial charge in [0.05, 0.1) is 6.61 Å². The second-order valence-corrected chi connectivity index (χ2v) is 5.81. The van der Waals surface area contributed by atoms with Crippen molar-refractivity contribution in [2.75, 3.05) is 6.61 Å². The van der Waals surface area contributed by atoms with Crippen molar-refractivity contribution >= 4 is 17.2 Å². The average Bonchev–Trinajstić information content (AvgIpc) is 3.04. The fraction of sp³-hybridized carbons (Fsp3) is 0.312. The van der Waals surface area contributed by atoms with E-state index in [1.54, 1.807) is 0 Å². The molecule has 20 heavy (non-hydrogen) atoms. The van der Waals surface area contributed by atoms with Gasteiger partial charge in [-0.1, -0.05) is 24.3 Å². The van der Waals surface area contributed by atoms with Crippen molar-refractivity contribution in [2.45, 2.75) is 25.8 Å². The van der Waals surface area contributed by atoms with Crippen molar-refractivity contribution in [3.63, 3.8) is 0 Å². The number of hydrogen-bond donors (Lipinski definition) is 1. The van der Waals surface area contributed by atoms with Gasteiger partial charge in [-0.25, -0.2) is 0 Å². The Balaban J connectivity index is 1.67. The number of amides is 1. The maximum atomic E-state index is 12.3. The van der Waals surface area contributed by atoms with E-state index in [2.05, 4.69) is 29.6 Å². The van der Waals surface area contributed by atoms with Crippen LogP contribution >= 0.6 is 11.3 Å². The van der Waals surface area contributed by atoms with Gasteiger partial charge < -0.3 is 10.1 Å². The van der Waals surface area contributed by atoms with Gasteiger partial charge in [0.2, 0.25) is 0 Å². The first-order valence-corrected chi connectivity index (χ1v) is 7.74. The van der Waals surface area contributed by atoms with Crippen LogP contribution in [0.2, 0.25) is 0 Å². The van der Waals surface area contributed by atoms with Crippen molar-refractivity contribution in [1.82, 2.24) is 5.32 Å². The number of ether oxygens (including phenoxy) is 1. The molecule has 1 aromatic carbocycles. The summed E-state index contributed by atoms with van der Waals surface area (Å²) >= 11 is 1.43. The minimum atomic E-state index is -0.0266. The molecule has 0 unspecified atom stereocenters. The van der Waals surface area contributed by atoms with E-state index in [9.17, 15) is 4.79 Å². The number of carbonyl (C=O) groups excluding carboxylic acids is 1. The van der Waals surface area contributed by atoms with Crippen LogP contribution in [0.15, 0.2) is 35.7 Å². The molecule has 2 aromatic rings. The predicted octanol–water partition coefficient (Wildman–Crippen LogP) is 3.04. The summed E-state index contributed by atoms with van der Waals surface area (Å²) in [5.41, 5.74) is 2.68. The van der Waals surface area contributed by atoms with Crippen LogP contribution in [0.4, 0.5) is 0 Å². The summed E-state index contributed by atoms with van der Waals surface area (Å²) in [5.74, 6) is 0.659. The number of fused-ring (bicyclic) bond motifs is 1. The average molecular weight is 287 g/mol. The van der Waals surface area contributed by atoms with E-state index in [4.69, 9.17) is 4.74 Å². The SMILES string of the molecule is CCOc1ccsc1C(=O)NC1Cc2ccccc2C1. The van der Waals surface area contributed by atoms with Crippen LogP contribution in [0.1, 0.15) is 27.7 Å². The molecule has 3 nitrogen and oxygen atoms in total. The predicted molar refractivity (Wildman–Crippen MR) is 80.6 cm³/mol. The van der Waals surface area contributed by atoms with E-state index in [0.717, 1.165) is 12.8 Å². The minimum Gasteiger partial charge on any atom is -0.492 e. The van der Waals surface area contributed by atoms with Crippen LogP contribution in [0.25, 0.3) is 0 Å². The van der Waals surface area contributed by atoms with Gasteiger partial charge in [0.15, 0.2) is 0 Å². The Morgan fingerprint density at radius 3 is 2.65 bits per heavy atom. The molecule has 4 heteroatoms. The molecule has 0 saturated carbocycles. The summed E-state index contributed by atoms with van der Waals surface area (Å²) in [5, 5.41) is 5.01. The summed E-state index contributed by atoms with van der Waals surface area (Å²) in [4.78, 5) is 13.0. The number of carbonyl (C=O) groups is 1. The van der Waals surface area contributed by atoms with Crippen LogP contribution in [0.3, 0.4) is 0 Å². The zero-order chi connectivity index (χ0) is 13.9. The standard InChI is InChI=1S/C16H17NO2S/c1-2-19-14-7-8-20-15(14)16(18)17-13-9-11-5-3-4-6-12(11)10-13/h3-8,13H,2,9-10H2,1H3,(H,17,18). The molecule has 0 saturated heterocycles. The molecule has 0 aliphatic heterocycles. The number of rotatable bonds is 4. The van der Waals surface area contributed by atoms with E-state index in [1.165, 1.54) is 22.5 Å². The Morgan fingerprint density at radius 1 is 1.30 bits per heavy atom. The molecular weight excluding hydrogens is 270 g/mol. The largest absolute Gasteiger partial charge is 0.492 e. The minimum absolute atomic E-state index is 0.0266. The molecule has 0 radical (unpaired) electrons. The lowest BCUT2D eigenvalue weighted by molar-refractivity contribution is 0.0939. The second-order valence-electron chi connectivity index (χ2n) is 4.89. The fourth-order valence-electron chi connectivity index (χ4n) is 2.64. The summed E-state index contributed by atoms with van der Waals surface area (Å²) in [6.45, 7) is 2.50. The molecule has 1 N–H and O–H groups in total. The lowest BCUT2D eigenvalue weighted by Gasteiger charge is -2.12. The summed E-state index contributed by atoms with van der Waals surface area (Å²) < 4.78 is 5.47.